The largest absolute Gasteiger partial charge is 0.175 e. The van der Waals surface area contributed by atoms with E-state index in [-0.39, 0.29) is 0 Å². The van der Waals surface area contributed by atoms with E-state index in [4.69, 9.17) is 0 Å². The van der Waals surface area contributed by atoms with Crippen molar-refractivity contribution in [3.63, 3.8) is 0 Å². The molecule has 0 saturated carbocycles. The molecule has 0 heterocycles. The van der Waals surface area contributed by atoms with E-state index in [9.17, 15) is 0 Å². The molecule has 2 aromatic carbocycles. The highest BCUT2D eigenvalue weighted by atomic mass is 32.2. The van der Waals surface area contributed by atoms with Gasteiger partial charge in [-0.2, -0.15) is 24.4 Å². The molecule has 0 saturated heterocycles. The molecule has 0 aliphatic heterocycles. The molecule has 2 aromatic rings. The molecule has 0 unspecified atom stereocenters. The third kappa shape index (κ3) is 5.83. The van der Waals surface area contributed by atoms with E-state index in [0.717, 1.165) is 28.6 Å². The van der Waals surface area contributed by atoms with Crippen LogP contribution in [0.3, 0.4) is 0 Å². The number of hydrogen-bond donors (Lipinski definition) is 1. The van der Waals surface area contributed by atoms with Crippen LogP contribution in [-0.2, 0) is 11.5 Å². The van der Waals surface area contributed by atoms with Gasteiger partial charge in [-0.25, -0.2) is 0 Å². The Labute approximate surface area is 144 Å². The quantitative estimate of drug-likeness (QED) is 0.566. The predicted octanol–water partition coefficient (Wildman–Crippen LogP) is 5.41. The van der Waals surface area contributed by atoms with Gasteiger partial charge in [-0.1, -0.05) is 50.0 Å². The Morgan fingerprint density at radius 2 is 1.36 bits per heavy atom. The normalized spacial score (nSPS) is 10.4. The maximum Gasteiger partial charge on any atom is 0.0249 e. The summed E-state index contributed by atoms with van der Waals surface area (Å²) in [5, 5.41) is 0. The Balaban J connectivity index is 1.94. The Bertz CT molecular complexity index is 628. The summed E-state index contributed by atoms with van der Waals surface area (Å²) in [6, 6.07) is 16.8. The summed E-state index contributed by atoms with van der Waals surface area (Å²) in [6.07, 6.45) is 0. The van der Waals surface area contributed by atoms with Crippen LogP contribution in [0.1, 0.15) is 36.1 Å². The summed E-state index contributed by atoms with van der Waals surface area (Å²) < 4.78 is 0. The Kier molecular flexibility index (Phi) is 6.96. The second-order valence-corrected chi connectivity index (χ2v) is 7.06. The van der Waals surface area contributed by atoms with Gasteiger partial charge in [0, 0.05) is 22.6 Å². The van der Waals surface area contributed by atoms with Crippen LogP contribution < -0.4 is 0 Å². The van der Waals surface area contributed by atoms with Gasteiger partial charge in [-0.3, -0.25) is 0 Å². The molecular formula is C20H22S2. The summed E-state index contributed by atoms with van der Waals surface area (Å²) in [4.78, 5) is 0. The zero-order valence-corrected chi connectivity index (χ0v) is 14.9. The van der Waals surface area contributed by atoms with Crippen molar-refractivity contribution in [1.82, 2.24) is 0 Å². The number of rotatable bonds is 5. The molecule has 114 valence electrons. The average Bonchev–Trinajstić information content (AvgIpc) is 2.54. The first kappa shape index (κ1) is 17.1. The molecule has 0 aromatic heterocycles. The molecule has 0 amide bonds. The van der Waals surface area contributed by atoms with E-state index >= 15 is 0 Å². The topological polar surface area (TPSA) is 0 Å². The van der Waals surface area contributed by atoms with Gasteiger partial charge in [0.05, 0.1) is 0 Å². The Hall–Kier alpha value is -1.30. The third-order valence-corrected chi connectivity index (χ3v) is 4.97. The summed E-state index contributed by atoms with van der Waals surface area (Å²) >= 11 is 6.25. The van der Waals surface area contributed by atoms with Crippen molar-refractivity contribution in [1.29, 1.82) is 0 Å². The molecular weight excluding hydrogens is 304 g/mol. The third-order valence-electron chi connectivity index (χ3n) is 3.16. The number of hydrogen-bond acceptors (Lipinski definition) is 2. The van der Waals surface area contributed by atoms with Gasteiger partial charge in [0.25, 0.3) is 0 Å². The van der Waals surface area contributed by atoms with Crippen molar-refractivity contribution < 1.29 is 0 Å². The van der Waals surface area contributed by atoms with Crippen molar-refractivity contribution in [2.24, 2.45) is 5.92 Å². The summed E-state index contributed by atoms with van der Waals surface area (Å²) in [7, 11) is 0. The zero-order valence-electron chi connectivity index (χ0n) is 13.2. The van der Waals surface area contributed by atoms with Crippen molar-refractivity contribution >= 4 is 24.4 Å². The number of thiol groups is 1. The highest BCUT2D eigenvalue weighted by Crippen LogP contribution is 2.15. The van der Waals surface area contributed by atoms with Crippen LogP contribution >= 0.6 is 24.4 Å². The van der Waals surface area contributed by atoms with Gasteiger partial charge in [-0.05, 0) is 47.1 Å². The first-order valence-corrected chi connectivity index (χ1v) is 9.34. The minimum absolute atomic E-state index is 0.754. The Morgan fingerprint density at radius 1 is 0.864 bits per heavy atom. The summed E-state index contributed by atoms with van der Waals surface area (Å²) in [5.41, 5.74) is 4.70. The second-order valence-electron chi connectivity index (χ2n) is 5.71. The number of benzene rings is 2. The molecule has 0 aliphatic carbocycles. The van der Waals surface area contributed by atoms with Crippen molar-refractivity contribution in [3.8, 4) is 11.8 Å². The first-order chi connectivity index (χ1) is 10.7. The van der Waals surface area contributed by atoms with E-state index in [1.54, 1.807) is 0 Å². The van der Waals surface area contributed by atoms with E-state index in [0.29, 0.717) is 0 Å². The molecule has 22 heavy (non-hydrogen) atoms. The fourth-order valence-corrected chi connectivity index (χ4v) is 3.16. The monoisotopic (exact) mass is 326 g/mol. The van der Waals surface area contributed by atoms with Crippen LogP contribution in [0, 0.1) is 17.8 Å². The van der Waals surface area contributed by atoms with E-state index in [1.807, 2.05) is 11.8 Å². The highest BCUT2D eigenvalue weighted by Gasteiger charge is 1.97. The van der Waals surface area contributed by atoms with E-state index in [1.165, 1.54) is 16.9 Å². The van der Waals surface area contributed by atoms with Crippen LogP contribution in [0.2, 0.25) is 0 Å². The van der Waals surface area contributed by atoms with Gasteiger partial charge in [0.15, 0.2) is 0 Å². The van der Waals surface area contributed by atoms with Crippen molar-refractivity contribution in [2.75, 3.05) is 5.75 Å². The lowest BCUT2D eigenvalue weighted by atomic mass is 10.1. The summed E-state index contributed by atoms with van der Waals surface area (Å²) in [5.74, 6) is 10.2. The van der Waals surface area contributed by atoms with Gasteiger partial charge < -0.3 is 0 Å². The van der Waals surface area contributed by atoms with Crippen LogP contribution in [0.4, 0.5) is 0 Å². The maximum absolute atomic E-state index is 4.26. The molecule has 0 fully saturated rings. The Morgan fingerprint density at radius 3 is 1.82 bits per heavy atom. The van der Waals surface area contributed by atoms with E-state index < -0.39 is 0 Å². The maximum atomic E-state index is 4.26. The molecule has 0 spiro atoms. The summed E-state index contributed by atoms with van der Waals surface area (Å²) in [6.45, 7) is 4.52. The standard InChI is InChI=1S/C20H22S2/c1-16(2)14-22-15-20-11-7-18(8-12-20)4-3-17-5-9-19(13-21)10-6-17/h5-12,16,21H,13-15H2,1-2H3. The van der Waals surface area contributed by atoms with Crippen LogP contribution in [0.15, 0.2) is 48.5 Å². The fraction of sp³-hybridized carbons (Fsp3) is 0.300. The molecule has 0 aliphatic rings. The molecule has 2 heteroatoms. The lowest BCUT2D eigenvalue weighted by molar-refractivity contribution is 0.750. The van der Waals surface area contributed by atoms with Crippen LogP contribution in [0.5, 0.6) is 0 Å². The van der Waals surface area contributed by atoms with Crippen LogP contribution in [0.25, 0.3) is 0 Å². The molecule has 0 bridgehead atoms. The van der Waals surface area contributed by atoms with E-state index in [2.05, 4.69) is 86.8 Å². The smallest absolute Gasteiger partial charge is 0.0249 e. The van der Waals surface area contributed by atoms with Gasteiger partial charge in [0.2, 0.25) is 0 Å². The minimum atomic E-state index is 0.754. The zero-order chi connectivity index (χ0) is 15.8. The second kappa shape index (κ2) is 8.98. The molecule has 0 atom stereocenters. The van der Waals surface area contributed by atoms with Crippen molar-refractivity contribution in [2.45, 2.75) is 25.4 Å². The average molecular weight is 327 g/mol. The van der Waals surface area contributed by atoms with Crippen molar-refractivity contribution in [3.05, 3.63) is 70.8 Å². The predicted molar refractivity (Wildman–Crippen MR) is 103 cm³/mol. The molecule has 2 rings (SSSR count). The van der Waals surface area contributed by atoms with Gasteiger partial charge in [-0.15, -0.1) is 0 Å². The SMILES string of the molecule is CC(C)CSCc1ccc(C#Cc2ccc(CS)cc2)cc1. The van der Waals surface area contributed by atoms with Gasteiger partial charge in [0.1, 0.15) is 0 Å². The minimum Gasteiger partial charge on any atom is -0.175 e. The van der Waals surface area contributed by atoms with Crippen LogP contribution in [-0.4, -0.2) is 5.75 Å². The fourth-order valence-electron chi connectivity index (χ4n) is 1.93. The lowest BCUT2D eigenvalue weighted by Crippen LogP contribution is -1.91. The molecule has 0 N–H and O–H groups in total. The number of thioether (sulfide) groups is 1. The van der Waals surface area contributed by atoms with Gasteiger partial charge >= 0.3 is 0 Å². The highest BCUT2D eigenvalue weighted by molar-refractivity contribution is 7.98. The molecule has 0 radical (unpaired) electrons. The first-order valence-electron chi connectivity index (χ1n) is 7.56. The molecule has 0 nitrogen and oxygen atoms in total. The lowest BCUT2D eigenvalue weighted by Gasteiger charge is -2.04.